The second kappa shape index (κ2) is 6.04. The fraction of sp³-hybridized carbons (Fsp3) is 0.625. The predicted octanol–water partition coefficient (Wildman–Crippen LogP) is 1.67. The SMILES string of the molecule is NCc1cccc(CN2CCN(CC3CC3)CC2)c1. The first-order valence-corrected chi connectivity index (χ1v) is 7.56. The molecule has 2 fully saturated rings. The highest BCUT2D eigenvalue weighted by Crippen LogP contribution is 2.29. The molecular formula is C16H25N3. The molecule has 19 heavy (non-hydrogen) atoms. The third-order valence-corrected chi connectivity index (χ3v) is 4.31. The predicted molar refractivity (Wildman–Crippen MR) is 78.8 cm³/mol. The highest BCUT2D eigenvalue weighted by atomic mass is 15.3. The Hall–Kier alpha value is -0.900. The van der Waals surface area contributed by atoms with Gasteiger partial charge in [-0.05, 0) is 29.9 Å². The number of hydrogen-bond acceptors (Lipinski definition) is 3. The third-order valence-electron chi connectivity index (χ3n) is 4.31. The number of piperazine rings is 1. The second-order valence-electron chi connectivity index (χ2n) is 6.04. The van der Waals surface area contributed by atoms with Crippen molar-refractivity contribution in [3.8, 4) is 0 Å². The first-order chi connectivity index (χ1) is 9.33. The van der Waals surface area contributed by atoms with E-state index in [1.54, 1.807) is 0 Å². The van der Waals surface area contributed by atoms with Gasteiger partial charge in [0.1, 0.15) is 0 Å². The molecule has 1 saturated heterocycles. The van der Waals surface area contributed by atoms with Crippen LogP contribution in [-0.4, -0.2) is 42.5 Å². The van der Waals surface area contributed by atoms with Crippen LogP contribution in [0.15, 0.2) is 24.3 Å². The molecule has 1 aromatic rings. The molecule has 1 saturated carbocycles. The Morgan fingerprint density at radius 3 is 2.37 bits per heavy atom. The third kappa shape index (κ3) is 3.78. The molecule has 0 spiro atoms. The lowest BCUT2D eigenvalue weighted by Crippen LogP contribution is -2.46. The number of hydrogen-bond donors (Lipinski definition) is 1. The van der Waals surface area contributed by atoms with Crippen LogP contribution in [0.4, 0.5) is 0 Å². The first-order valence-electron chi connectivity index (χ1n) is 7.56. The van der Waals surface area contributed by atoms with Crippen LogP contribution >= 0.6 is 0 Å². The molecule has 104 valence electrons. The normalized spacial score (nSPS) is 21.7. The minimum absolute atomic E-state index is 0.642. The summed E-state index contributed by atoms with van der Waals surface area (Å²) in [6.45, 7) is 7.96. The highest BCUT2D eigenvalue weighted by Gasteiger charge is 2.26. The molecule has 0 amide bonds. The van der Waals surface area contributed by atoms with Crippen molar-refractivity contribution in [1.29, 1.82) is 0 Å². The molecule has 1 heterocycles. The molecule has 3 rings (SSSR count). The van der Waals surface area contributed by atoms with Gasteiger partial charge in [-0.2, -0.15) is 0 Å². The van der Waals surface area contributed by atoms with Crippen molar-refractivity contribution < 1.29 is 0 Å². The topological polar surface area (TPSA) is 32.5 Å². The molecule has 0 unspecified atom stereocenters. The molecule has 0 bridgehead atoms. The van der Waals surface area contributed by atoms with Gasteiger partial charge in [-0.1, -0.05) is 24.3 Å². The van der Waals surface area contributed by atoms with Crippen molar-refractivity contribution in [1.82, 2.24) is 9.80 Å². The summed E-state index contributed by atoms with van der Waals surface area (Å²) in [6.07, 6.45) is 2.93. The van der Waals surface area contributed by atoms with Crippen molar-refractivity contribution >= 4 is 0 Å². The summed E-state index contributed by atoms with van der Waals surface area (Å²) in [7, 11) is 0. The van der Waals surface area contributed by atoms with Crippen LogP contribution in [0.2, 0.25) is 0 Å². The number of nitrogens with two attached hydrogens (primary N) is 1. The maximum absolute atomic E-state index is 5.70. The first kappa shape index (κ1) is 13.1. The molecule has 0 aromatic heterocycles. The van der Waals surface area contributed by atoms with Gasteiger partial charge >= 0.3 is 0 Å². The van der Waals surface area contributed by atoms with Gasteiger partial charge in [0, 0.05) is 45.8 Å². The van der Waals surface area contributed by atoms with E-state index in [-0.39, 0.29) is 0 Å². The molecule has 1 aromatic carbocycles. The summed E-state index contributed by atoms with van der Waals surface area (Å²) in [6, 6.07) is 8.70. The Bertz CT molecular complexity index is 406. The number of benzene rings is 1. The van der Waals surface area contributed by atoms with E-state index in [1.807, 2.05) is 0 Å². The molecule has 3 heteroatoms. The van der Waals surface area contributed by atoms with Crippen LogP contribution in [0.5, 0.6) is 0 Å². The van der Waals surface area contributed by atoms with Crippen LogP contribution in [0, 0.1) is 5.92 Å². The van der Waals surface area contributed by atoms with E-state index in [0.29, 0.717) is 6.54 Å². The van der Waals surface area contributed by atoms with Crippen LogP contribution in [-0.2, 0) is 13.1 Å². The summed E-state index contributed by atoms with van der Waals surface area (Å²) in [5.74, 6) is 1.02. The van der Waals surface area contributed by atoms with E-state index >= 15 is 0 Å². The lowest BCUT2D eigenvalue weighted by Gasteiger charge is -2.34. The summed E-state index contributed by atoms with van der Waals surface area (Å²) >= 11 is 0. The van der Waals surface area contributed by atoms with E-state index in [4.69, 9.17) is 5.73 Å². The van der Waals surface area contributed by atoms with Crippen molar-refractivity contribution in [2.75, 3.05) is 32.7 Å². The molecule has 3 nitrogen and oxygen atoms in total. The van der Waals surface area contributed by atoms with Gasteiger partial charge < -0.3 is 10.6 Å². The maximum atomic E-state index is 5.70. The van der Waals surface area contributed by atoms with E-state index in [9.17, 15) is 0 Å². The van der Waals surface area contributed by atoms with Crippen molar-refractivity contribution in [2.24, 2.45) is 11.7 Å². The fourth-order valence-corrected chi connectivity index (χ4v) is 2.91. The quantitative estimate of drug-likeness (QED) is 0.873. The van der Waals surface area contributed by atoms with Gasteiger partial charge in [0.25, 0.3) is 0 Å². The molecule has 0 atom stereocenters. The van der Waals surface area contributed by atoms with Gasteiger partial charge in [0.05, 0.1) is 0 Å². The van der Waals surface area contributed by atoms with E-state index in [0.717, 1.165) is 12.5 Å². The molecular weight excluding hydrogens is 234 g/mol. The van der Waals surface area contributed by atoms with E-state index < -0.39 is 0 Å². The Labute approximate surface area is 116 Å². The molecule has 2 N–H and O–H groups in total. The zero-order valence-corrected chi connectivity index (χ0v) is 11.7. The summed E-state index contributed by atoms with van der Waals surface area (Å²) < 4.78 is 0. The standard InChI is InChI=1S/C16H25N3/c17-11-15-2-1-3-16(10-15)13-19-8-6-18(7-9-19)12-14-4-5-14/h1-3,10,14H,4-9,11-13,17H2. The van der Waals surface area contributed by atoms with Crippen molar-refractivity contribution in [3.63, 3.8) is 0 Å². The Morgan fingerprint density at radius 1 is 1.00 bits per heavy atom. The van der Waals surface area contributed by atoms with Crippen molar-refractivity contribution in [3.05, 3.63) is 35.4 Å². The van der Waals surface area contributed by atoms with Crippen LogP contribution < -0.4 is 5.73 Å². The molecule has 1 aliphatic carbocycles. The Balaban J connectivity index is 1.48. The summed E-state index contributed by atoms with van der Waals surface area (Å²) in [4.78, 5) is 5.21. The smallest absolute Gasteiger partial charge is 0.0234 e. The van der Waals surface area contributed by atoms with Gasteiger partial charge in [-0.3, -0.25) is 4.90 Å². The Morgan fingerprint density at radius 2 is 1.68 bits per heavy atom. The van der Waals surface area contributed by atoms with Gasteiger partial charge in [0.15, 0.2) is 0 Å². The van der Waals surface area contributed by atoms with E-state index in [2.05, 4.69) is 34.1 Å². The monoisotopic (exact) mass is 259 g/mol. The number of rotatable bonds is 5. The van der Waals surface area contributed by atoms with Gasteiger partial charge in [-0.25, -0.2) is 0 Å². The summed E-state index contributed by atoms with van der Waals surface area (Å²) in [5.41, 5.74) is 8.34. The minimum Gasteiger partial charge on any atom is -0.326 e. The maximum Gasteiger partial charge on any atom is 0.0234 e. The zero-order chi connectivity index (χ0) is 13.1. The van der Waals surface area contributed by atoms with E-state index in [1.165, 1.54) is 56.7 Å². The zero-order valence-electron chi connectivity index (χ0n) is 11.7. The van der Waals surface area contributed by atoms with Gasteiger partial charge in [-0.15, -0.1) is 0 Å². The highest BCUT2D eigenvalue weighted by molar-refractivity contribution is 5.23. The molecule has 1 aliphatic heterocycles. The second-order valence-corrected chi connectivity index (χ2v) is 6.04. The summed E-state index contributed by atoms with van der Waals surface area (Å²) in [5, 5.41) is 0. The molecule has 2 aliphatic rings. The van der Waals surface area contributed by atoms with Crippen LogP contribution in [0.3, 0.4) is 0 Å². The minimum atomic E-state index is 0.642. The average Bonchev–Trinajstić information content (AvgIpc) is 3.25. The lowest BCUT2D eigenvalue weighted by molar-refractivity contribution is 0.123. The average molecular weight is 259 g/mol. The van der Waals surface area contributed by atoms with Gasteiger partial charge in [0.2, 0.25) is 0 Å². The van der Waals surface area contributed by atoms with Crippen LogP contribution in [0.25, 0.3) is 0 Å². The Kier molecular flexibility index (Phi) is 4.16. The lowest BCUT2D eigenvalue weighted by atomic mass is 10.1. The molecule has 0 radical (unpaired) electrons. The largest absolute Gasteiger partial charge is 0.326 e. The van der Waals surface area contributed by atoms with Crippen LogP contribution in [0.1, 0.15) is 24.0 Å². The van der Waals surface area contributed by atoms with Crippen molar-refractivity contribution in [2.45, 2.75) is 25.9 Å². The number of nitrogens with zero attached hydrogens (tertiary/aromatic N) is 2. The fourth-order valence-electron chi connectivity index (χ4n) is 2.91.